The Morgan fingerprint density at radius 2 is 2.07 bits per heavy atom. The minimum atomic E-state index is 0. The van der Waals surface area contributed by atoms with Crippen LogP contribution in [-0.2, 0) is 11.2 Å². The van der Waals surface area contributed by atoms with Gasteiger partial charge in [-0.05, 0) is 43.7 Å². The first-order valence-corrected chi connectivity index (χ1v) is 11.0. The molecule has 7 heteroatoms. The lowest BCUT2D eigenvalue weighted by Gasteiger charge is -2.21. The van der Waals surface area contributed by atoms with Crippen molar-refractivity contribution in [3.8, 4) is 0 Å². The number of H-pyrrole nitrogens is 1. The fourth-order valence-corrected chi connectivity index (χ4v) is 4.78. The van der Waals surface area contributed by atoms with Crippen molar-refractivity contribution in [1.29, 1.82) is 0 Å². The molecule has 3 N–H and O–H groups in total. The van der Waals surface area contributed by atoms with Gasteiger partial charge in [0.15, 0.2) is 5.96 Å². The van der Waals surface area contributed by atoms with Gasteiger partial charge in [0.05, 0.1) is 0 Å². The van der Waals surface area contributed by atoms with Crippen molar-refractivity contribution in [2.75, 3.05) is 26.7 Å². The first-order valence-electron chi connectivity index (χ1n) is 11.0. The molecule has 1 saturated carbocycles. The zero-order chi connectivity index (χ0) is 20.2. The lowest BCUT2D eigenvalue weighted by molar-refractivity contribution is -0.134. The number of likely N-dealkylation sites (tertiary alicyclic amines) is 1. The number of guanidine groups is 1. The first-order chi connectivity index (χ1) is 14.2. The number of aromatic amines is 1. The van der Waals surface area contributed by atoms with Crippen LogP contribution in [0.5, 0.6) is 0 Å². The Bertz CT molecular complexity index is 887. The summed E-state index contributed by atoms with van der Waals surface area (Å²) < 4.78 is 0. The number of benzene rings is 1. The van der Waals surface area contributed by atoms with Crippen LogP contribution in [0.15, 0.2) is 29.4 Å². The zero-order valence-electron chi connectivity index (χ0n) is 18.0. The van der Waals surface area contributed by atoms with E-state index in [4.69, 9.17) is 0 Å². The van der Waals surface area contributed by atoms with Crippen LogP contribution in [0.1, 0.15) is 43.2 Å². The molecule has 4 rings (SSSR count). The topological polar surface area (TPSA) is 72.5 Å². The maximum Gasteiger partial charge on any atom is 0.225 e. The molecule has 1 atom stereocenters. The molecule has 1 aromatic heterocycles. The van der Waals surface area contributed by atoms with Crippen LogP contribution < -0.4 is 10.6 Å². The van der Waals surface area contributed by atoms with Gasteiger partial charge < -0.3 is 20.5 Å². The zero-order valence-corrected chi connectivity index (χ0v) is 20.4. The molecule has 0 radical (unpaired) electrons. The van der Waals surface area contributed by atoms with E-state index in [-0.39, 0.29) is 35.9 Å². The van der Waals surface area contributed by atoms with Gasteiger partial charge in [0.2, 0.25) is 5.91 Å². The van der Waals surface area contributed by atoms with Gasteiger partial charge in [0, 0.05) is 55.7 Å². The summed E-state index contributed by atoms with van der Waals surface area (Å²) in [4.78, 5) is 22.5. The number of halogens is 1. The van der Waals surface area contributed by atoms with Gasteiger partial charge in [-0.2, -0.15) is 0 Å². The highest BCUT2D eigenvalue weighted by molar-refractivity contribution is 14.0. The number of aryl methyl sites for hydroxylation is 1. The Hall–Kier alpha value is -1.77. The van der Waals surface area contributed by atoms with Gasteiger partial charge >= 0.3 is 0 Å². The van der Waals surface area contributed by atoms with E-state index >= 15 is 0 Å². The number of hydrogen-bond donors (Lipinski definition) is 3. The molecule has 30 heavy (non-hydrogen) atoms. The molecule has 2 fully saturated rings. The maximum absolute atomic E-state index is 12.6. The molecule has 0 spiro atoms. The third-order valence-corrected chi connectivity index (χ3v) is 6.47. The van der Waals surface area contributed by atoms with E-state index in [0.29, 0.717) is 5.91 Å². The molecule has 1 aliphatic carbocycles. The summed E-state index contributed by atoms with van der Waals surface area (Å²) in [6.07, 6.45) is 8.59. The largest absolute Gasteiger partial charge is 0.361 e. The Balaban J connectivity index is 0.00000256. The Labute approximate surface area is 196 Å². The van der Waals surface area contributed by atoms with Crippen LogP contribution >= 0.6 is 24.0 Å². The molecule has 2 heterocycles. The number of para-hydroxylation sites is 1. The Morgan fingerprint density at radius 1 is 1.27 bits per heavy atom. The van der Waals surface area contributed by atoms with Crippen molar-refractivity contribution in [2.24, 2.45) is 10.9 Å². The third kappa shape index (κ3) is 5.10. The predicted octanol–water partition coefficient (Wildman–Crippen LogP) is 3.59. The average molecular weight is 523 g/mol. The summed E-state index contributed by atoms with van der Waals surface area (Å²) >= 11 is 0. The van der Waals surface area contributed by atoms with E-state index in [1.54, 1.807) is 7.05 Å². The number of rotatable bonds is 5. The molecule has 164 valence electrons. The maximum atomic E-state index is 12.6. The molecule has 2 aliphatic rings. The van der Waals surface area contributed by atoms with Crippen molar-refractivity contribution < 1.29 is 4.79 Å². The summed E-state index contributed by atoms with van der Waals surface area (Å²) in [6, 6.07) is 6.70. The van der Waals surface area contributed by atoms with Crippen molar-refractivity contribution in [2.45, 2.75) is 51.5 Å². The highest BCUT2D eigenvalue weighted by atomic mass is 127. The lowest BCUT2D eigenvalue weighted by Crippen LogP contribution is -2.45. The second-order valence-corrected chi connectivity index (χ2v) is 8.46. The first kappa shape index (κ1) is 22.9. The average Bonchev–Trinajstić information content (AvgIpc) is 3.48. The van der Waals surface area contributed by atoms with Crippen LogP contribution in [0.4, 0.5) is 0 Å². The van der Waals surface area contributed by atoms with E-state index in [1.165, 1.54) is 34.9 Å². The van der Waals surface area contributed by atoms with Crippen LogP contribution in [0.2, 0.25) is 0 Å². The highest BCUT2D eigenvalue weighted by Gasteiger charge is 2.32. The normalized spacial score (nSPS) is 19.9. The molecular formula is C23H34IN5O. The van der Waals surface area contributed by atoms with Crippen molar-refractivity contribution in [3.63, 3.8) is 0 Å². The quantitative estimate of drug-likeness (QED) is 0.319. The highest BCUT2D eigenvalue weighted by Crippen LogP contribution is 2.28. The van der Waals surface area contributed by atoms with Crippen molar-refractivity contribution >= 4 is 46.7 Å². The SMILES string of the molecule is CN=C(NCCc1c[nH]c2c(C)cccc12)NC1CCN(C(=O)C2CCCC2)C1.I. The number of carbonyl (C=O) groups excluding carboxylic acids is 1. The van der Waals surface area contributed by atoms with Gasteiger partial charge in [-0.25, -0.2) is 0 Å². The molecule has 1 unspecified atom stereocenters. The van der Waals surface area contributed by atoms with E-state index in [0.717, 1.165) is 51.3 Å². The predicted molar refractivity (Wildman–Crippen MR) is 134 cm³/mol. The fourth-order valence-electron chi connectivity index (χ4n) is 4.78. The summed E-state index contributed by atoms with van der Waals surface area (Å²) in [5, 5.41) is 8.24. The third-order valence-electron chi connectivity index (χ3n) is 6.47. The number of carbonyl (C=O) groups is 1. The monoisotopic (exact) mass is 523 g/mol. The number of fused-ring (bicyclic) bond motifs is 1. The Morgan fingerprint density at radius 3 is 2.83 bits per heavy atom. The Kier molecular flexibility index (Phi) is 8.02. The fraction of sp³-hybridized carbons (Fsp3) is 0.565. The summed E-state index contributed by atoms with van der Waals surface area (Å²) in [7, 11) is 1.81. The number of hydrogen-bond acceptors (Lipinski definition) is 2. The van der Waals surface area contributed by atoms with Crippen LogP contribution in [0.3, 0.4) is 0 Å². The standard InChI is InChI=1S/C23H33N5O.HI/c1-16-6-5-9-20-18(14-26-21(16)20)10-12-25-23(24-2)27-19-11-13-28(15-19)22(29)17-7-3-4-8-17;/h5-6,9,14,17,19,26H,3-4,7-8,10-13,15H2,1-2H3,(H2,24,25,27);1H. The molecule has 2 aromatic rings. The van der Waals surface area contributed by atoms with Gasteiger partial charge in [-0.15, -0.1) is 24.0 Å². The summed E-state index contributed by atoms with van der Waals surface area (Å²) in [6.45, 7) is 4.60. The van der Waals surface area contributed by atoms with E-state index in [9.17, 15) is 4.79 Å². The van der Waals surface area contributed by atoms with Crippen LogP contribution in [0.25, 0.3) is 10.9 Å². The number of aromatic nitrogens is 1. The number of aliphatic imine (C=N–C) groups is 1. The number of nitrogens with one attached hydrogen (secondary N) is 3. The molecule has 1 saturated heterocycles. The summed E-state index contributed by atoms with van der Waals surface area (Å²) in [5.41, 5.74) is 3.82. The second-order valence-electron chi connectivity index (χ2n) is 8.46. The molecular weight excluding hydrogens is 489 g/mol. The van der Waals surface area contributed by atoms with E-state index < -0.39 is 0 Å². The molecule has 6 nitrogen and oxygen atoms in total. The van der Waals surface area contributed by atoms with E-state index in [1.807, 2.05) is 0 Å². The van der Waals surface area contributed by atoms with Gasteiger partial charge in [-0.1, -0.05) is 31.0 Å². The van der Waals surface area contributed by atoms with Crippen LogP contribution in [-0.4, -0.2) is 54.5 Å². The number of nitrogens with zero attached hydrogens (tertiary/aromatic N) is 2. The number of amides is 1. The minimum absolute atomic E-state index is 0. The smallest absolute Gasteiger partial charge is 0.225 e. The molecule has 1 aromatic carbocycles. The van der Waals surface area contributed by atoms with Crippen LogP contribution in [0, 0.1) is 12.8 Å². The second kappa shape index (κ2) is 10.5. The molecule has 0 bridgehead atoms. The van der Waals surface area contributed by atoms with Gasteiger partial charge in [-0.3, -0.25) is 9.79 Å². The van der Waals surface area contributed by atoms with E-state index in [2.05, 4.69) is 56.8 Å². The van der Waals surface area contributed by atoms with Crippen molar-refractivity contribution in [3.05, 3.63) is 35.5 Å². The summed E-state index contributed by atoms with van der Waals surface area (Å²) in [5.74, 6) is 1.46. The van der Waals surface area contributed by atoms with Gasteiger partial charge in [0.1, 0.15) is 0 Å². The lowest BCUT2D eigenvalue weighted by atomic mass is 10.1. The minimum Gasteiger partial charge on any atom is -0.361 e. The molecule has 1 aliphatic heterocycles. The van der Waals surface area contributed by atoms with Gasteiger partial charge in [0.25, 0.3) is 0 Å². The van der Waals surface area contributed by atoms with Crippen molar-refractivity contribution in [1.82, 2.24) is 20.5 Å². The molecule has 1 amide bonds.